The number of hydrogen-bond acceptors (Lipinski definition) is 5. The van der Waals surface area contributed by atoms with Crippen LogP contribution in [0.4, 0.5) is 11.4 Å². The summed E-state index contributed by atoms with van der Waals surface area (Å²) in [7, 11) is 1.80. The van der Waals surface area contributed by atoms with Gasteiger partial charge in [0.2, 0.25) is 0 Å². The van der Waals surface area contributed by atoms with E-state index in [1.807, 2.05) is 0 Å². The summed E-state index contributed by atoms with van der Waals surface area (Å²) in [5.74, 6) is 2.78. The Labute approximate surface area is 214 Å². The maximum atomic E-state index is 11.9. The first-order valence-electron chi connectivity index (χ1n) is 14.3. The Morgan fingerprint density at radius 2 is 1.51 bits per heavy atom. The minimum Gasteiger partial charge on any atom is -0.495 e. The van der Waals surface area contributed by atoms with E-state index in [4.69, 9.17) is 4.74 Å². The van der Waals surface area contributed by atoms with Crippen LogP contribution in [0.15, 0.2) is 12.1 Å². The first-order chi connectivity index (χ1) is 16.8. The molecule has 0 radical (unpaired) electrons. The van der Waals surface area contributed by atoms with Crippen molar-refractivity contribution in [2.24, 2.45) is 11.3 Å². The molecule has 1 aromatic carbocycles. The van der Waals surface area contributed by atoms with Crippen LogP contribution in [0.1, 0.15) is 90.5 Å². The molecule has 0 bridgehead atoms. The van der Waals surface area contributed by atoms with Gasteiger partial charge in [-0.05, 0) is 67.5 Å². The highest BCUT2D eigenvalue weighted by Crippen LogP contribution is 2.48. The number of hydrogen-bond donors (Lipinski definition) is 0. The summed E-state index contributed by atoms with van der Waals surface area (Å²) in [6, 6.07) is 4.79. The third-order valence-electron chi connectivity index (χ3n) is 8.92. The van der Waals surface area contributed by atoms with E-state index >= 15 is 0 Å². The standard InChI is InChI=1S/C30H49N3O2/c1-6-7-14-31-17-19-33(20-18-31)27-22-29(35-5)28(32-15-12-25(34)13-16-32)21-26(27)23-8-10-24(11-9-23)30(2,3)4/h21-24H,6-20H2,1-5H3. The van der Waals surface area contributed by atoms with Gasteiger partial charge in [0, 0.05) is 63.9 Å². The number of benzene rings is 1. The molecule has 35 heavy (non-hydrogen) atoms. The molecule has 2 saturated heterocycles. The largest absolute Gasteiger partial charge is 0.495 e. The van der Waals surface area contributed by atoms with Crippen molar-refractivity contribution < 1.29 is 9.53 Å². The number of nitrogens with zero attached hydrogens (tertiary/aromatic N) is 3. The molecule has 1 aromatic rings. The molecule has 0 unspecified atom stereocenters. The van der Waals surface area contributed by atoms with Gasteiger partial charge in [-0.3, -0.25) is 9.69 Å². The molecule has 196 valence electrons. The zero-order chi connectivity index (χ0) is 25.0. The molecule has 3 fully saturated rings. The van der Waals surface area contributed by atoms with Crippen molar-refractivity contribution in [3.05, 3.63) is 17.7 Å². The average molecular weight is 484 g/mol. The fourth-order valence-corrected chi connectivity index (χ4v) is 6.45. The molecule has 1 aliphatic carbocycles. The van der Waals surface area contributed by atoms with E-state index in [-0.39, 0.29) is 0 Å². The van der Waals surface area contributed by atoms with Gasteiger partial charge in [-0.2, -0.15) is 0 Å². The Hall–Kier alpha value is -1.75. The summed E-state index contributed by atoms with van der Waals surface area (Å²) in [4.78, 5) is 19.5. The topological polar surface area (TPSA) is 36.0 Å². The minimum absolute atomic E-state index is 0.388. The summed E-state index contributed by atoms with van der Waals surface area (Å²) in [6.45, 7) is 16.8. The molecule has 5 heteroatoms. The second-order valence-corrected chi connectivity index (χ2v) is 12.2. The van der Waals surface area contributed by atoms with Crippen molar-refractivity contribution in [3.8, 4) is 5.75 Å². The highest BCUT2D eigenvalue weighted by molar-refractivity contribution is 5.82. The van der Waals surface area contributed by atoms with Crippen molar-refractivity contribution in [3.63, 3.8) is 0 Å². The summed E-state index contributed by atoms with van der Waals surface area (Å²) in [6.07, 6.45) is 9.04. The highest BCUT2D eigenvalue weighted by atomic mass is 16.5. The molecular formula is C30H49N3O2. The molecule has 0 spiro atoms. The number of Topliss-reactive ketones (excluding diaryl/α,β-unsaturated/α-hetero) is 1. The predicted octanol–water partition coefficient (Wildman–Crippen LogP) is 6.11. The number of rotatable bonds is 7. The van der Waals surface area contributed by atoms with Crippen LogP contribution < -0.4 is 14.5 Å². The number of unbranched alkanes of at least 4 members (excludes halogenated alkanes) is 1. The molecule has 4 rings (SSSR count). The molecule has 0 amide bonds. The quantitative estimate of drug-likeness (QED) is 0.468. The molecule has 0 atom stereocenters. The smallest absolute Gasteiger partial charge is 0.144 e. The van der Waals surface area contributed by atoms with Gasteiger partial charge < -0.3 is 14.5 Å². The molecule has 0 N–H and O–H groups in total. The van der Waals surface area contributed by atoms with E-state index in [1.54, 1.807) is 7.11 Å². The van der Waals surface area contributed by atoms with Crippen LogP contribution in [0.3, 0.4) is 0 Å². The fourth-order valence-electron chi connectivity index (χ4n) is 6.45. The van der Waals surface area contributed by atoms with E-state index < -0.39 is 0 Å². The Morgan fingerprint density at radius 3 is 2.09 bits per heavy atom. The van der Waals surface area contributed by atoms with E-state index in [0.717, 1.165) is 50.9 Å². The van der Waals surface area contributed by atoms with Crippen LogP contribution in [0.5, 0.6) is 5.75 Å². The van der Waals surface area contributed by atoms with Gasteiger partial charge in [0.25, 0.3) is 0 Å². The Balaban J connectivity index is 1.61. The molecule has 3 aliphatic rings. The number of piperazine rings is 1. The third kappa shape index (κ3) is 6.34. The number of piperidine rings is 1. The van der Waals surface area contributed by atoms with E-state index in [9.17, 15) is 4.79 Å². The summed E-state index contributed by atoms with van der Waals surface area (Å²) in [5, 5.41) is 0. The Bertz CT molecular complexity index is 836. The Morgan fingerprint density at radius 1 is 0.886 bits per heavy atom. The van der Waals surface area contributed by atoms with Gasteiger partial charge in [0.05, 0.1) is 12.8 Å². The van der Waals surface area contributed by atoms with Crippen LogP contribution in [0.25, 0.3) is 0 Å². The SMILES string of the molecule is CCCCN1CCN(c2cc(OC)c(N3CCC(=O)CC3)cc2C2CCC(C(C)(C)C)CC2)CC1. The monoisotopic (exact) mass is 483 g/mol. The molecule has 2 aliphatic heterocycles. The zero-order valence-electron chi connectivity index (χ0n) is 23.1. The van der Waals surface area contributed by atoms with Gasteiger partial charge >= 0.3 is 0 Å². The van der Waals surface area contributed by atoms with Gasteiger partial charge in [-0.1, -0.05) is 34.1 Å². The second-order valence-electron chi connectivity index (χ2n) is 12.2. The molecular weight excluding hydrogens is 434 g/mol. The molecule has 2 heterocycles. The lowest BCUT2D eigenvalue weighted by Gasteiger charge is -2.41. The van der Waals surface area contributed by atoms with Gasteiger partial charge in [-0.15, -0.1) is 0 Å². The first kappa shape index (κ1) is 26.3. The summed E-state index contributed by atoms with van der Waals surface area (Å²) >= 11 is 0. The third-order valence-corrected chi connectivity index (χ3v) is 8.92. The van der Waals surface area contributed by atoms with Crippen molar-refractivity contribution in [1.29, 1.82) is 0 Å². The summed E-state index contributed by atoms with van der Waals surface area (Å²) in [5.41, 5.74) is 4.51. The van der Waals surface area contributed by atoms with Crippen molar-refractivity contribution in [1.82, 2.24) is 4.90 Å². The minimum atomic E-state index is 0.388. The highest BCUT2D eigenvalue weighted by Gasteiger charge is 2.33. The number of carbonyl (C=O) groups is 1. The fraction of sp³-hybridized carbons (Fsp3) is 0.767. The van der Waals surface area contributed by atoms with E-state index in [1.165, 1.54) is 62.0 Å². The van der Waals surface area contributed by atoms with E-state index in [0.29, 0.717) is 30.0 Å². The van der Waals surface area contributed by atoms with Gasteiger partial charge in [-0.25, -0.2) is 0 Å². The maximum absolute atomic E-state index is 11.9. The van der Waals surface area contributed by atoms with Crippen molar-refractivity contribution in [2.75, 3.05) is 62.7 Å². The number of ketones is 1. The van der Waals surface area contributed by atoms with Crippen LogP contribution in [0, 0.1) is 11.3 Å². The van der Waals surface area contributed by atoms with Crippen molar-refractivity contribution in [2.45, 2.75) is 85.0 Å². The van der Waals surface area contributed by atoms with Crippen LogP contribution in [-0.2, 0) is 4.79 Å². The number of anilines is 2. The number of ether oxygens (including phenoxy) is 1. The van der Waals surface area contributed by atoms with E-state index in [2.05, 4.69) is 54.5 Å². The number of methoxy groups -OCH3 is 1. The predicted molar refractivity (Wildman–Crippen MR) is 147 cm³/mol. The first-order valence-corrected chi connectivity index (χ1v) is 14.3. The Kier molecular flexibility index (Phi) is 8.67. The molecule has 0 aromatic heterocycles. The van der Waals surface area contributed by atoms with Crippen LogP contribution in [-0.4, -0.2) is 63.6 Å². The second kappa shape index (κ2) is 11.5. The maximum Gasteiger partial charge on any atom is 0.144 e. The zero-order valence-corrected chi connectivity index (χ0v) is 23.1. The lowest BCUT2D eigenvalue weighted by molar-refractivity contribution is -0.119. The number of carbonyl (C=O) groups excluding carboxylic acids is 1. The normalized spacial score (nSPS) is 24.7. The van der Waals surface area contributed by atoms with Crippen molar-refractivity contribution >= 4 is 17.2 Å². The van der Waals surface area contributed by atoms with Crippen LogP contribution >= 0.6 is 0 Å². The average Bonchev–Trinajstić information content (AvgIpc) is 2.87. The van der Waals surface area contributed by atoms with Gasteiger partial charge in [0.15, 0.2) is 0 Å². The molecule has 1 saturated carbocycles. The lowest BCUT2D eigenvalue weighted by Crippen LogP contribution is -2.47. The summed E-state index contributed by atoms with van der Waals surface area (Å²) < 4.78 is 5.97. The lowest BCUT2D eigenvalue weighted by atomic mass is 9.68. The van der Waals surface area contributed by atoms with Gasteiger partial charge in [0.1, 0.15) is 11.5 Å². The van der Waals surface area contributed by atoms with Crippen LogP contribution in [0.2, 0.25) is 0 Å². The molecule has 5 nitrogen and oxygen atoms in total.